The number of aromatic nitrogens is 2. The summed E-state index contributed by atoms with van der Waals surface area (Å²) in [6.07, 6.45) is 3.47. The molecule has 130 valence electrons. The summed E-state index contributed by atoms with van der Waals surface area (Å²) in [5, 5.41) is 13.2. The molecule has 1 aliphatic rings. The van der Waals surface area contributed by atoms with Crippen molar-refractivity contribution < 1.29 is 9.68 Å². The van der Waals surface area contributed by atoms with E-state index in [1.165, 1.54) is 11.3 Å². The third-order valence-electron chi connectivity index (χ3n) is 4.21. The van der Waals surface area contributed by atoms with Crippen molar-refractivity contribution in [2.45, 2.75) is 13.5 Å². The topological polar surface area (TPSA) is 73.4 Å². The van der Waals surface area contributed by atoms with E-state index in [0.29, 0.717) is 11.8 Å². The van der Waals surface area contributed by atoms with E-state index in [9.17, 15) is 5.11 Å². The Balaban J connectivity index is 1.75. The predicted octanol–water partition coefficient (Wildman–Crippen LogP) is 3.18. The van der Waals surface area contributed by atoms with E-state index in [1.54, 1.807) is 12.4 Å². The van der Waals surface area contributed by atoms with Gasteiger partial charge < -0.3 is 10.4 Å². The molecular formula is C19H18N5OS+. The maximum Gasteiger partial charge on any atom is 0.242 e. The number of rotatable bonds is 3. The largest absolute Gasteiger partial charge is 0.391 e. The number of aryl methyl sites for hydroxylation is 1. The second-order valence-electron chi connectivity index (χ2n) is 6.00. The number of aliphatic hydroxyl groups is 1. The van der Waals surface area contributed by atoms with Gasteiger partial charge in [0, 0.05) is 24.0 Å². The lowest BCUT2D eigenvalue weighted by atomic mass is 10.0. The number of aliphatic hydroxyl groups excluding tert-OH is 1. The van der Waals surface area contributed by atoms with Crippen molar-refractivity contribution in [3.8, 4) is 11.3 Å². The minimum Gasteiger partial charge on any atom is -0.391 e. The molecule has 2 N–H and O–H groups in total. The third kappa shape index (κ3) is 3.02. The molecule has 6 nitrogen and oxygen atoms in total. The fraction of sp³-hybridized carbons (Fsp3) is 0.158. The molecule has 3 aromatic rings. The molecule has 0 bridgehead atoms. The standard InChI is InChI=1S/C19H18N5OS/c1-12-4-3-7-20-17(12)13-5-6-16-15(8-13)18(22-11-24(16)2)23-19-21-9-14(10-25)26-19/h3-9,25H,2,10-11H2,1H3,(H,21,22,23)/q+1. The van der Waals surface area contributed by atoms with Crippen LogP contribution in [0, 0.1) is 6.92 Å². The summed E-state index contributed by atoms with van der Waals surface area (Å²) in [5.41, 5.74) is 5.05. The number of benzene rings is 1. The molecule has 26 heavy (non-hydrogen) atoms. The van der Waals surface area contributed by atoms with Gasteiger partial charge in [0.1, 0.15) is 12.6 Å². The highest BCUT2D eigenvalue weighted by molar-refractivity contribution is 7.15. The molecule has 3 heterocycles. The van der Waals surface area contributed by atoms with Crippen LogP contribution in [0.25, 0.3) is 11.3 Å². The van der Waals surface area contributed by atoms with Gasteiger partial charge in [-0.25, -0.2) is 9.98 Å². The van der Waals surface area contributed by atoms with Crippen molar-refractivity contribution in [2.75, 3.05) is 12.0 Å². The SMILES string of the molecule is C=[N+]1CN=C(Nc2ncc(CO)s2)c2cc(-c3ncccc3C)ccc21. The summed E-state index contributed by atoms with van der Waals surface area (Å²) >= 11 is 1.41. The van der Waals surface area contributed by atoms with Gasteiger partial charge in [-0.05, 0) is 30.7 Å². The first-order chi connectivity index (χ1) is 12.7. The number of amidine groups is 1. The van der Waals surface area contributed by atoms with Crippen LogP contribution in [0.3, 0.4) is 0 Å². The van der Waals surface area contributed by atoms with Gasteiger partial charge in [0.25, 0.3) is 0 Å². The number of hydrogen-bond donors (Lipinski definition) is 2. The summed E-state index contributed by atoms with van der Waals surface area (Å²) in [6.45, 7) is 6.56. The number of aliphatic imine (C=N–C) groups is 1. The molecule has 2 aromatic heterocycles. The number of nitrogens with one attached hydrogen (secondary N) is 1. The normalized spacial score (nSPS) is 13.3. The lowest BCUT2D eigenvalue weighted by molar-refractivity contribution is -0.430. The van der Waals surface area contributed by atoms with Gasteiger partial charge in [-0.2, -0.15) is 4.58 Å². The average Bonchev–Trinajstić information content (AvgIpc) is 3.12. The second-order valence-corrected chi connectivity index (χ2v) is 7.12. The first-order valence-electron chi connectivity index (χ1n) is 8.17. The first kappa shape index (κ1) is 16.6. The Labute approximate surface area is 155 Å². The number of hydrogen-bond acceptors (Lipinski definition) is 6. The van der Waals surface area contributed by atoms with E-state index >= 15 is 0 Å². The van der Waals surface area contributed by atoms with E-state index < -0.39 is 0 Å². The van der Waals surface area contributed by atoms with Gasteiger partial charge in [-0.15, -0.1) is 0 Å². The van der Waals surface area contributed by atoms with Crippen molar-refractivity contribution >= 4 is 34.7 Å². The predicted molar refractivity (Wildman–Crippen MR) is 105 cm³/mol. The summed E-state index contributed by atoms with van der Waals surface area (Å²) in [4.78, 5) is 14.2. The molecule has 0 aliphatic carbocycles. The van der Waals surface area contributed by atoms with E-state index in [2.05, 4.69) is 52.1 Å². The monoisotopic (exact) mass is 364 g/mol. The molecule has 0 spiro atoms. The molecule has 0 saturated heterocycles. The first-order valence-corrected chi connectivity index (χ1v) is 8.99. The molecule has 0 amide bonds. The van der Waals surface area contributed by atoms with Crippen molar-refractivity contribution in [3.63, 3.8) is 0 Å². The molecule has 7 heteroatoms. The molecule has 0 unspecified atom stereocenters. The summed E-state index contributed by atoms with van der Waals surface area (Å²) in [5.74, 6) is 0.745. The van der Waals surface area contributed by atoms with Crippen LogP contribution in [0.2, 0.25) is 0 Å². The maximum atomic E-state index is 9.23. The van der Waals surface area contributed by atoms with E-state index in [0.717, 1.165) is 38.8 Å². The Morgan fingerprint density at radius 3 is 2.96 bits per heavy atom. The van der Waals surface area contributed by atoms with Crippen molar-refractivity contribution in [1.82, 2.24) is 9.97 Å². The maximum absolute atomic E-state index is 9.23. The number of fused-ring (bicyclic) bond motifs is 1. The van der Waals surface area contributed by atoms with Gasteiger partial charge in [-0.3, -0.25) is 4.98 Å². The smallest absolute Gasteiger partial charge is 0.242 e. The summed E-state index contributed by atoms with van der Waals surface area (Å²) in [7, 11) is 0. The molecular weight excluding hydrogens is 346 g/mol. The molecule has 4 rings (SSSR count). The van der Waals surface area contributed by atoms with Crippen molar-refractivity contribution in [1.29, 1.82) is 0 Å². The highest BCUT2D eigenvalue weighted by Crippen LogP contribution is 2.30. The van der Waals surface area contributed by atoms with Crippen molar-refractivity contribution in [3.05, 3.63) is 58.7 Å². The lowest BCUT2D eigenvalue weighted by Gasteiger charge is -2.16. The molecule has 0 fully saturated rings. The molecule has 0 radical (unpaired) electrons. The average molecular weight is 364 g/mol. The van der Waals surface area contributed by atoms with Gasteiger partial charge >= 0.3 is 0 Å². The third-order valence-corrected chi connectivity index (χ3v) is 5.11. The van der Waals surface area contributed by atoms with Crippen LogP contribution >= 0.6 is 11.3 Å². The summed E-state index contributed by atoms with van der Waals surface area (Å²) < 4.78 is 1.86. The van der Waals surface area contributed by atoms with Crippen LogP contribution in [0.5, 0.6) is 0 Å². The zero-order chi connectivity index (χ0) is 18.1. The quantitative estimate of drug-likeness (QED) is 0.700. The molecule has 1 aromatic carbocycles. The summed E-state index contributed by atoms with van der Waals surface area (Å²) in [6, 6.07) is 10.2. The Bertz CT molecular complexity index is 1020. The number of anilines is 1. The number of nitrogens with zero attached hydrogens (tertiary/aromatic N) is 4. The van der Waals surface area contributed by atoms with Gasteiger partial charge in [0.2, 0.25) is 12.4 Å². The Morgan fingerprint density at radius 1 is 1.31 bits per heavy atom. The highest BCUT2D eigenvalue weighted by Gasteiger charge is 2.24. The fourth-order valence-corrected chi connectivity index (χ4v) is 3.57. The minimum atomic E-state index is -0.0157. The molecule has 0 atom stereocenters. The van der Waals surface area contributed by atoms with Crippen LogP contribution in [-0.2, 0) is 6.61 Å². The van der Waals surface area contributed by atoms with Gasteiger partial charge in [0.05, 0.1) is 22.7 Å². The zero-order valence-electron chi connectivity index (χ0n) is 14.3. The van der Waals surface area contributed by atoms with Crippen LogP contribution in [0.15, 0.2) is 47.7 Å². The van der Waals surface area contributed by atoms with Gasteiger partial charge in [-0.1, -0.05) is 17.4 Å². The van der Waals surface area contributed by atoms with Crippen LogP contribution in [0.4, 0.5) is 10.8 Å². The van der Waals surface area contributed by atoms with E-state index in [1.807, 2.05) is 16.7 Å². The van der Waals surface area contributed by atoms with Crippen molar-refractivity contribution in [2.24, 2.45) is 4.99 Å². The molecule has 0 saturated carbocycles. The Kier molecular flexibility index (Phi) is 4.32. The minimum absolute atomic E-state index is 0.0157. The fourth-order valence-electron chi connectivity index (χ4n) is 2.90. The Hall–Kier alpha value is -2.90. The highest BCUT2D eigenvalue weighted by atomic mass is 32.1. The Morgan fingerprint density at radius 2 is 2.19 bits per heavy atom. The second kappa shape index (κ2) is 6.78. The lowest BCUT2D eigenvalue weighted by Crippen LogP contribution is -2.23. The number of thiazole rings is 1. The zero-order valence-corrected chi connectivity index (χ0v) is 15.1. The van der Waals surface area contributed by atoms with E-state index in [-0.39, 0.29) is 6.61 Å². The van der Waals surface area contributed by atoms with Crippen LogP contribution < -0.4 is 5.32 Å². The number of pyridine rings is 1. The molecule has 1 aliphatic heterocycles. The van der Waals surface area contributed by atoms with Gasteiger partial charge in [0.15, 0.2) is 5.13 Å². The van der Waals surface area contributed by atoms with Crippen LogP contribution in [-0.4, -0.2) is 38.9 Å². The van der Waals surface area contributed by atoms with E-state index in [4.69, 9.17) is 0 Å². The van der Waals surface area contributed by atoms with Crippen LogP contribution in [0.1, 0.15) is 16.0 Å².